The molecular weight excluding hydrogens is 324 g/mol. The Kier molecular flexibility index (Phi) is 8.07. The van der Waals surface area contributed by atoms with Gasteiger partial charge in [0.05, 0.1) is 16.2 Å². The zero-order valence-electron chi connectivity index (χ0n) is 13.3. The summed E-state index contributed by atoms with van der Waals surface area (Å²) in [6.07, 6.45) is 1.49. The Bertz CT molecular complexity index is 573. The van der Waals surface area contributed by atoms with Crippen molar-refractivity contribution >= 4 is 28.2 Å². The van der Waals surface area contributed by atoms with Crippen LogP contribution in [0.2, 0.25) is 0 Å². The molecule has 0 aliphatic carbocycles. The lowest BCUT2D eigenvalue weighted by atomic mass is 9.92. The molecule has 0 saturated heterocycles. The van der Waals surface area contributed by atoms with Crippen molar-refractivity contribution < 1.29 is 13.2 Å². The first-order chi connectivity index (χ1) is 9.84. The summed E-state index contributed by atoms with van der Waals surface area (Å²) in [6, 6.07) is 6.00. The Labute approximate surface area is 139 Å². The summed E-state index contributed by atoms with van der Waals surface area (Å²) in [4.78, 5) is 12.5. The molecule has 1 rings (SSSR count). The van der Waals surface area contributed by atoms with Gasteiger partial charge in [0.25, 0.3) is 5.91 Å². The van der Waals surface area contributed by atoms with Gasteiger partial charge in [-0.05, 0) is 37.1 Å². The maximum absolute atomic E-state index is 12.3. The van der Waals surface area contributed by atoms with E-state index in [9.17, 15) is 13.2 Å². The summed E-state index contributed by atoms with van der Waals surface area (Å²) < 4.78 is 23.5. The first-order valence-corrected chi connectivity index (χ1v) is 8.84. The Morgan fingerprint density at radius 2 is 1.64 bits per heavy atom. The number of nitrogens with one attached hydrogen (secondary N) is 1. The molecule has 0 saturated carbocycles. The molecule has 0 radical (unpaired) electrons. The molecule has 126 valence electrons. The molecule has 3 N–H and O–H groups in total. The molecule has 22 heavy (non-hydrogen) atoms. The summed E-state index contributed by atoms with van der Waals surface area (Å²) in [5.41, 5.74) is 5.78. The van der Waals surface area contributed by atoms with Crippen LogP contribution in [-0.2, 0) is 9.84 Å². The van der Waals surface area contributed by atoms with Crippen molar-refractivity contribution in [3.63, 3.8) is 0 Å². The van der Waals surface area contributed by atoms with Crippen LogP contribution in [0.15, 0.2) is 29.2 Å². The number of sulfone groups is 1. The summed E-state index contributed by atoms with van der Waals surface area (Å²) in [5, 5.41) is 2.95. The summed E-state index contributed by atoms with van der Waals surface area (Å²) >= 11 is 0. The second-order valence-electron chi connectivity index (χ2n) is 5.07. The van der Waals surface area contributed by atoms with Gasteiger partial charge in [0, 0.05) is 12.1 Å². The van der Waals surface area contributed by atoms with E-state index in [-0.39, 0.29) is 29.0 Å². The smallest absolute Gasteiger partial charge is 0.251 e. The zero-order chi connectivity index (χ0) is 16.1. The molecule has 0 unspecified atom stereocenters. The highest BCUT2D eigenvalue weighted by molar-refractivity contribution is 7.91. The number of rotatable bonds is 7. The molecule has 7 heteroatoms. The first-order valence-electron chi connectivity index (χ1n) is 7.19. The van der Waals surface area contributed by atoms with Crippen LogP contribution in [0.25, 0.3) is 0 Å². The van der Waals surface area contributed by atoms with Crippen LogP contribution in [0.5, 0.6) is 0 Å². The summed E-state index contributed by atoms with van der Waals surface area (Å²) in [5.74, 6) is -0.190. The molecule has 1 aromatic rings. The van der Waals surface area contributed by atoms with Gasteiger partial charge in [-0.1, -0.05) is 20.8 Å². The van der Waals surface area contributed by atoms with Gasteiger partial charge in [-0.25, -0.2) is 8.42 Å². The largest absolute Gasteiger partial charge is 0.345 e. The van der Waals surface area contributed by atoms with Crippen molar-refractivity contribution in [1.29, 1.82) is 0 Å². The van der Waals surface area contributed by atoms with Crippen LogP contribution in [0.3, 0.4) is 0 Å². The minimum atomic E-state index is -3.24. The summed E-state index contributed by atoms with van der Waals surface area (Å²) in [6.45, 7) is 5.92. The number of amides is 1. The Morgan fingerprint density at radius 1 is 1.14 bits per heavy atom. The Morgan fingerprint density at radius 3 is 2.00 bits per heavy atom. The van der Waals surface area contributed by atoms with Crippen molar-refractivity contribution in [3.8, 4) is 0 Å². The second-order valence-corrected chi connectivity index (χ2v) is 7.35. The average Bonchev–Trinajstić information content (AvgIpc) is 2.52. The van der Waals surface area contributed by atoms with Crippen molar-refractivity contribution in [2.75, 3.05) is 12.3 Å². The van der Waals surface area contributed by atoms with Crippen molar-refractivity contribution in [2.45, 2.75) is 44.0 Å². The molecule has 0 heterocycles. The number of benzene rings is 1. The van der Waals surface area contributed by atoms with Crippen LogP contribution < -0.4 is 11.1 Å². The van der Waals surface area contributed by atoms with Crippen LogP contribution >= 0.6 is 12.4 Å². The first kappa shape index (κ1) is 20.9. The average molecular weight is 349 g/mol. The van der Waals surface area contributed by atoms with E-state index in [4.69, 9.17) is 5.73 Å². The lowest BCUT2D eigenvalue weighted by Gasteiger charge is -2.31. The van der Waals surface area contributed by atoms with Gasteiger partial charge >= 0.3 is 0 Å². The third-order valence-electron chi connectivity index (χ3n) is 3.98. The van der Waals surface area contributed by atoms with Gasteiger partial charge in [-0.15, -0.1) is 12.4 Å². The van der Waals surface area contributed by atoms with Crippen LogP contribution in [0, 0.1) is 0 Å². The van der Waals surface area contributed by atoms with Gasteiger partial charge in [-0.2, -0.15) is 0 Å². The number of carbonyl (C=O) groups excluding carboxylic acids is 1. The minimum Gasteiger partial charge on any atom is -0.345 e. The van der Waals surface area contributed by atoms with Crippen LogP contribution in [0.1, 0.15) is 44.0 Å². The molecule has 0 bridgehead atoms. The predicted octanol–water partition coefficient (Wildman–Crippen LogP) is 2.15. The van der Waals surface area contributed by atoms with Gasteiger partial charge < -0.3 is 11.1 Å². The highest BCUT2D eigenvalue weighted by Crippen LogP contribution is 2.16. The molecule has 0 aliphatic heterocycles. The zero-order valence-corrected chi connectivity index (χ0v) is 14.9. The quantitative estimate of drug-likeness (QED) is 0.790. The third kappa shape index (κ3) is 4.69. The number of hydrogen-bond acceptors (Lipinski definition) is 4. The molecule has 0 aromatic heterocycles. The number of halogens is 1. The monoisotopic (exact) mass is 348 g/mol. The number of carbonyl (C=O) groups is 1. The van der Waals surface area contributed by atoms with Gasteiger partial charge in [-0.3, -0.25) is 4.79 Å². The molecule has 1 aromatic carbocycles. The van der Waals surface area contributed by atoms with Crippen LogP contribution in [0.4, 0.5) is 0 Å². The topological polar surface area (TPSA) is 89.3 Å². The molecule has 5 nitrogen and oxygen atoms in total. The second kappa shape index (κ2) is 8.50. The highest BCUT2D eigenvalue weighted by atomic mass is 35.5. The highest BCUT2D eigenvalue weighted by Gasteiger charge is 2.26. The van der Waals surface area contributed by atoms with Crippen molar-refractivity contribution in [1.82, 2.24) is 5.32 Å². The lowest BCUT2D eigenvalue weighted by Crippen LogP contribution is -2.52. The fourth-order valence-corrected chi connectivity index (χ4v) is 2.94. The van der Waals surface area contributed by atoms with E-state index in [0.29, 0.717) is 12.1 Å². The molecular formula is C15H25ClN2O3S. The lowest BCUT2D eigenvalue weighted by molar-refractivity contribution is 0.0895. The van der Waals surface area contributed by atoms with E-state index >= 15 is 0 Å². The normalized spacial score (nSPS) is 11.6. The van der Waals surface area contributed by atoms with E-state index < -0.39 is 15.4 Å². The number of hydrogen-bond donors (Lipinski definition) is 2. The van der Waals surface area contributed by atoms with Gasteiger partial charge in [0.2, 0.25) is 0 Å². The fraction of sp³-hybridized carbons (Fsp3) is 0.533. The van der Waals surface area contributed by atoms with Crippen molar-refractivity contribution in [2.24, 2.45) is 5.73 Å². The molecule has 0 fully saturated rings. The SMILES string of the molecule is CCC(CC)(CN)NC(=O)c1ccc(S(=O)(=O)CC)cc1.Cl. The van der Waals surface area contributed by atoms with E-state index in [2.05, 4.69) is 5.32 Å². The maximum Gasteiger partial charge on any atom is 0.251 e. The fourth-order valence-electron chi connectivity index (χ4n) is 2.06. The van der Waals surface area contributed by atoms with Crippen LogP contribution in [-0.4, -0.2) is 32.2 Å². The third-order valence-corrected chi connectivity index (χ3v) is 5.73. The Hall–Kier alpha value is -1.11. The molecule has 0 spiro atoms. The molecule has 1 amide bonds. The number of nitrogens with two attached hydrogens (primary N) is 1. The molecule has 0 atom stereocenters. The maximum atomic E-state index is 12.3. The standard InChI is InChI=1S/C15H24N2O3S.ClH/c1-4-15(5-2,11-16)17-14(18)12-7-9-13(10-8-12)21(19,20)6-3;/h7-10H,4-6,11,16H2,1-3H3,(H,17,18);1H. The summed E-state index contributed by atoms with van der Waals surface area (Å²) in [7, 11) is -3.24. The van der Waals surface area contributed by atoms with E-state index in [1.165, 1.54) is 24.3 Å². The van der Waals surface area contributed by atoms with E-state index in [1.807, 2.05) is 13.8 Å². The van der Waals surface area contributed by atoms with Crippen molar-refractivity contribution in [3.05, 3.63) is 29.8 Å². The van der Waals surface area contributed by atoms with E-state index in [0.717, 1.165) is 12.8 Å². The minimum absolute atomic E-state index is 0. The predicted molar refractivity (Wildman–Crippen MR) is 91.3 cm³/mol. The van der Waals surface area contributed by atoms with Gasteiger partial charge in [0.1, 0.15) is 0 Å². The Balaban J connectivity index is 0.00000441. The molecule has 0 aliphatic rings. The van der Waals surface area contributed by atoms with E-state index in [1.54, 1.807) is 6.92 Å². The van der Waals surface area contributed by atoms with Gasteiger partial charge in [0.15, 0.2) is 9.84 Å².